The third-order valence-corrected chi connectivity index (χ3v) is 2.10. The van der Waals surface area contributed by atoms with Crippen LogP contribution in [0.1, 0.15) is 51.2 Å². The molecule has 0 N–H and O–H groups in total. The van der Waals surface area contributed by atoms with Crippen molar-refractivity contribution in [1.29, 1.82) is 0 Å². The summed E-state index contributed by atoms with van der Waals surface area (Å²) in [6.45, 7) is 17.6. The van der Waals surface area contributed by atoms with Gasteiger partial charge in [0.05, 0.1) is 0 Å². The van der Waals surface area contributed by atoms with Gasteiger partial charge in [0.1, 0.15) is 0 Å². The fourth-order valence-electron chi connectivity index (χ4n) is 1.35. The van der Waals surface area contributed by atoms with Crippen LogP contribution in [0.15, 0.2) is 49.6 Å². The molecular formula is C19H28. The summed E-state index contributed by atoms with van der Waals surface area (Å²) < 4.78 is 0. The molecule has 0 spiro atoms. The van der Waals surface area contributed by atoms with Crippen molar-refractivity contribution in [3.63, 3.8) is 0 Å². The van der Waals surface area contributed by atoms with Crippen LogP contribution in [0.2, 0.25) is 0 Å². The van der Waals surface area contributed by atoms with E-state index in [9.17, 15) is 0 Å². The summed E-state index contributed by atoms with van der Waals surface area (Å²) in [7, 11) is 0. The Morgan fingerprint density at radius 1 is 1.05 bits per heavy atom. The predicted octanol–water partition coefficient (Wildman–Crippen LogP) is 5.90. The zero-order valence-corrected chi connectivity index (χ0v) is 13.2. The minimum absolute atomic E-state index is 0.654. The Kier molecular flexibility index (Phi) is 14.8. The highest BCUT2D eigenvalue weighted by molar-refractivity contribution is 5.27. The van der Waals surface area contributed by atoms with Crippen molar-refractivity contribution in [1.82, 2.24) is 0 Å². The number of benzene rings is 1. The summed E-state index contributed by atoms with van der Waals surface area (Å²) in [4.78, 5) is 0. The monoisotopic (exact) mass is 256 g/mol. The lowest BCUT2D eigenvalue weighted by Crippen LogP contribution is -1.89. The molecule has 1 aromatic rings. The first-order valence-corrected chi connectivity index (χ1v) is 6.83. The van der Waals surface area contributed by atoms with Gasteiger partial charge in [-0.2, -0.15) is 0 Å². The molecule has 0 aliphatic carbocycles. The summed E-state index contributed by atoms with van der Waals surface area (Å²) in [6, 6.07) is 8.54. The first-order chi connectivity index (χ1) is 9.04. The maximum absolute atomic E-state index is 3.38. The fraction of sp³-hybridized carbons (Fsp3) is 0.368. The van der Waals surface area contributed by atoms with Crippen molar-refractivity contribution in [3.05, 3.63) is 60.7 Å². The Morgan fingerprint density at radius 3 is 1.74 bits per heavy atom. The van der Waals surface area contributed by atoms with Gasteiger partial charge in [0.25, 0.3) is 0 Å². The van der Waals surface area contributed by atoms with E-state index in [1.165, 1.54) is 29.7 Å². The van der Waals surface area contributed by atoms with Crippen LogP contribution in [-0.2, 0) is 0 Å². The van der Waals surface area contributed by atoms with Crippen LogP contribution in [0.5, 0.6) is 0 Å². The average Bonchev–Trinajstić information content (AvgIpc) is 2.38. The first kappa shape index (κ1) is 19.6. The summed E-state index contributed by atoms with van der Waals surface area (Å²) in [5, 5.41) is 0. The van der Waals surface area contributed by atoms with Gasteiger partial charge < -0.3 is 0 Å². The normalized spacial score (nSPS) is 7.89. The number of hydrogen-bond acceptors (Lipinski definition) is 0. The molecule has 0 bridgehead atoms. The Labute approximate surface area is 120 Å². The number of aryl methyl sites for hydroxylation is 1. The molecule has 0 saturated heterocycles. The van der Waals surface area contributed by atoms with Gasteiger partial charge in [-0.1, -0.05) is 83.4 Å². The highest BCUT2D eigenvalue weighted by Crippen LogP contribution is 2.17. The molecule has 0 aliphatic heterocycles. The van der Waals surface area contributed by atoms with Crippen LogP contribution in [0.25, 0.3) is 0 Å². The van der Waals surface area contributed by atoms with Crippen LogP contribution in [0.4, 0.5) is 0 Å². The second kappa shape index (κ2) is 14.3. The predicted molar refractivity (Wildman–Crippen MR) is 89.4 cm³/mol. The lowest BCUT2D eigenvalue weighted by Gasteiger charge is -2.07. The quantitative estimate of drug-likeness (QED) is 0.549. The minimum atomic E-state index is 0.654. The zero-order chi connectivity index (χ0) is 15.1. The minimum Gasteiger partial charge on any atom is -0.0906 e. The van der Waals surface area contributed by atoms with Gasteiger partial charge in [-0.05, 0) is 36.1 Å². The third-order valence-electron chi connectivity index (χ3n) is 2.10. The van der Waals surface area contributed by atoms with Crippen molar-refractivity contribution in [2.24, 2.45) is 0 Å². The van der Waals surface area contributed by atoms with E-state index in [-0.39, 0.29) is 0 Å². The second-order valence-electron chi connectivity index (χ2n) is 4.42. The van der Waals surface area contributed by atoms with Crippen LogP contribution in [0, 0.1) is 18.8 Å². The molecule has 1 aromatic carbocycles. The zero-order valence-electron chi connectivity index (χ0n) is 13.2. The molecule has 0 radical (unpaired) electrons. The molecule has 0 unspecified atom stereocenters. The topological polar surface area (TPSA) is 0 Å². The van der Waals surface area contributed by atoms with Crippen molar-refractivity contribution in [3.8, 4) is 11.8 Å². The Morgan fingerprint density at radius 2 is 1.47 bits per heavy atom. The summed E-state index contributed by atoms with van der Waals surface area (Å²) in [5.41, 5.74) is 2.86. The third kappa shape index (κ3) is 12.5. The molecule has 0 aromatic heterocycles. The standard InChI is InChI=1S/C10H14.C6H6.C3H8/c1-8(2)10-7-5-4-6-9(10)3;1-3-5-6-4-2;1-3-2/h4-8H,1-3H3;3-4H,1-2H2;3H2,1-2H3. The van der Waals surface area contributed by atoms with Crippen molar-refractivity contribution < 1.29 is 0 Å². The number of allylic oxidation sites excluding steroid dienone is 2. The van der Waals surface area contributed by atoms with Crippen LogP contribution in [0.3, 0.4) is 0 Å². The van der Waals surface area contributed by atoms with Gasteiger partial charge in [-0.15, -0.1) is 0 Å². The molecule has 0 saturated carbocycles. The molecule has 19 heavy (non-hydrogen) atoms. The Bertz CT molecular complexity index is 388. The molecule has 0 heteroatoms. The molecule has 0 atom stereocenters. The van der Waals surface area contributed by atoms with E-state index in [0.29, 0.717) is 5.92 Å². The van der Waals surface area contributed by atoms with E-state index in [0.717, 1.165) is 0 Å². The lowest BCUT2D eigenvalue weighted by atomic mass is 9.99. The average molecular weight is 256 g/mol. The van der Waals surface area contributed by atoms with E-state index in [1.54, 1.807) is 0 Å². The molecule has 0 amide bonds. The van der Waals surface area contributed by atoms with Gasteiger partial charge in [-0.25, -0.2) is 0 Å². The van der Waals surface area contributed by atoms with Crippen LogP contribution >= 0.6 is 0 Å². The maximum atomic E-state index is 3.38. The van der Waals surface area contributed by atoms with Gasteiger partial charge in [0.15, 0.2) is 0 Å². The first-order valence-electron chi connectivity index (χ1n) is 6.83. The van der Waals surface area contributed by atoms with E-state index in [1.807, 2.05) is 0 Å². The smallest absolute Gasteiger partial charge is 0.0187 e. The van der Waals surface area contributed by atoms with Crippen molar-refractivity contribution in [2.45, 2.75) is 47.0 Å². The molecule has 1 rings (SSSR count). The largest absolute Gasteiger partial charge is 0.0906 e. The van der Waals surface area contributed by atoms with Gasteiger partial charge in [0, 0.05) is 0 Å². The van der Waals surface area contributed by atoms with E-state index in [4.69, 9.17) is 0 Å². The summed E-state index contributed by atoms with van der Waals surface area (Å²) in [6.07, 6.45) is 4.31. The van der Waals surface area contributed by atoms with Crippen molar-refractivity contribution in [2.75, 3.05) is 0 Å². The molecule has 104 valence electrons. The Balaban J connectivity index is 0. The van der Waals surface area contributed by atoms with Gasteiger partial charge in [0.2, 0.25) is 0 Å². The Hall–Kier alpha value is -1.74. The maximum Gasteiger partial charge on any atom is -0.0187 e. The fourth-order valence-corrected chi connectivity index (χ4v) is 1.35. The van der Waals surface area contributed by atoms with E-state index in [2.05, 4.69) is 83.9 Å². The molecule has 0 nitrogen and oxygen atoms in total. The highest BCUT2D eigenvalue weighted by atomic mass is 14.0. The van der Waals surface area contributed by atoms with Gasteiger partial charge in [-0.3, -0.25) is 0 Å². The van der Waals surface area contributed by atoms with Gasteiger partial charge >= 0.3 is 0 Å². The highest BCUT2D eigenvalue weighted by Gasteiger charge is 1.99. The lowest BCUT2D eigenvalue weighted by molar-refractivity contribution is 0.856. The van der Waals surface area contributed by atoms with E-state index < -0.39 is 0 Å². The number of rotatable bonds is 1. The van der Waals surface area contributed by atoms with Crippen LogP contribution < -0.4 is 0 Å². The SMILES string of the molecule is C=CC#CC=C.CCC.Cc1ccccc1C(C)C. The number of hydrogen-bond donors (Lipinski definition) is 0. The summed E-state index contributed by atoms with van der Waals surface area (Å²) >= 11 is 0. The summed E-state index contributed by atoms with van der Waals surface area (Å²) in [5.74, 6) is 5.84. The second-order valence-corrected chi connectivity index (χ2v) is 4.42. The molecule has 0 heterocycles. The molecule has 0 aliphatic rings. The molecular weight excluding hydrogens is 228 g/mol. The van der Waals surface area contributed by atoms with Crippen molar-refractivity contribution >= 4 is 0 Å². The molecule has 0 fully saturated rings. The van der Waals surface area contributed by atoms with Crippen LogP contribution in [-0.4, -0.2) is 0 Å². The van der Waals surface area contributed by atoms with E-state index >= 15 is 0 Å².